The first kappa shape index (κ1) is 18.6. The average Bonchev–Trinajstić information content (AvgIpc) is 2.79. The lowest BCUT2D eigenvalue weighted by Gasteiger charge is -2.29. The van der Waals surface area contributed by atoms with Gasteiger partial charge in [0.25, 0.3) is 0 Å². The van der Waals surface area contributed by atoms with Crippen LogP contribution in [0.3, 0.4) is 0 Å². The van der Waals surface area contributed by atoms with E-state index in [1.165, 1.54) is 0 Å². The second-order valence-corrected chi connectivity index (χ2v) is 6.41. The predicted octanol–water partition coefficient (Wildman–Crippen LogP) is 1.32. The summed E-state index contributed by atoms with van der Waals surface area (Å²) in [6.07, 6.45) is 3.50. The Morgan fingerprint density at radius 2 is 2.10 bits per heavy atom. The highest BCUT2D eigenvalue weighted by molar-refractivity contribution is 7.99. The Bertz CT molecular complexity index is 349. The Hall–Kier alpha value is -0.460. The third-order valence-corrected chi connectivity index (χ3v) is 4.90. The maximum atomic E-state index is 12.6. The monoisotopic (exact) mass is 335 g/mol. The fraction of sp³-hybridized carbons (Fsp3) is 0.857. The standard InChI is InChI=1S/C14H25N3O2S.ClH/c1-2-3-5-13(18)17-11-20-10-12(17)14(19)16-8-4-6-15-7-9-16;/h12,15H,2-11H2,1H3;1H. The number of hydrogen-bond donors (Lipinski definition) is 1. The normalized spacial score (nSPS) is 22.6. The van der Waals surface area contributed by atoms with Crippen molar-refractivity contribution < 1.29 is 9.59 Å². The number of nitrogens with one attached hydrogen (secondary N) is 1. The van der Waals surface area contributed by atoms with Crippen molar-refractivity contribution in [3.63, 3.8) is 0 Å². The second-order valence-electron chi connectivity index (χ2n) is 5.41. The molecule has 2 rings (SSSR count). The summed E-state index contributed by atoms with van der Waals surface area (Å²) in [5.74, 6) is 1.71. The van der Waals surface area contributed by atoms with Crippen molar-refractivity contribution in [3.05, 3.63) is 0 Å². The van der Waals surface area contributed by atoms with Gasteiger partial charge in [0.15, 0.2) is 0 Å². The van der Waals surface area contributed by atoms with Crippen molar-refractivity contribution in [3.8, 4) is 0 Å². The summed E-state index contributed by atoms with van der Waals surface area (Å²) in [7, 11) is 0. The maximum Gasteiger partial charge on any atom is 0.246 e. The van der Waals surface area contributed by atoms with Gasteiger partial charge in [0.2, 0.25) is 11.8 Å². The smallest absolute Gasteiger partial charge is 0.246 e. The Morgan fingerprint density at radius 3 is 2.86 bits per heavy atom. The van der Waals surface area contributed by atoms with Crippen LogP contribution in [-0.4, -0.2) is 65.5 Å². The number of nitrogens with zero attached hydrogens (tertiary/aromatic N) is 2. The number of unbranched alkanes of at least 4 members (excludes halogenated alkanes) is 1. The SMILES string of the molecule is CCCCC(=O)N1CSCC1C(=O)N1CCCNCC1.Cl. The molecule has 7 heteroatoms. The molecule has 0 spiro atoms. The Morgan fingerprint density at radius 1 is 1.29 bits per heavy atom. The fourth-order valence-corrected chi connectivity index (χ4v) is 3.81. The van der Waals surface area contributed by atoms with Crippen LogP contribution < -0.4 is 5.32 Å². The van der Waals surface area contributed by atoms with Crippen LogP contribution in [-0.2, 0) is 9.59 Å². The zero-order valence-corrected chi connectivity index (χ0v) is 14.3. The molecule has 2 aliphatic heterocycles. The highest BCUT2D eigenvalue weighted by Gasteiger charge is 2.36. The van der Waals surface area contributed by atoms with Crippen LogP contribution in [0.5, 0.6) is 0 Å². The van der Waals surface area contributed by atoms with Gasteiger partial charge in [0.1, 0.15) is 6.04 Å². The highest BCUT2D eigenvalue weighted by atomic mass is 35.5. The molecule has 2 heterocycles. The lowest BCUT2D eigenvalue weighted by Crippen LogP contribution is -2.49. The van der Waals surface area contributed by atoms with Crippen LogP contribution in [0.1, 0.15) is 32.6 Å². The lowest BCUT2D eigenvalue weighted by atomic mass is 10.2. The average molecular weight is 336 g/mol. The quantitative estimate of drug-likeness (QED) is 0.842. The number of amides is 2. The molecule has 2 amide bonds. The van der Waals surface area contributed by atoms with Crippen LogP contribution in [0.4, 0.5) is 0 Å². The molecule has 5 nitrogen and oxygen atoms in total. The van der Waals surface area contributed by atoms with Crippen molar-refractivity contribution in [1.29, 1.82) is 0 Å². The third kappa shape index (κ3) is 5.04. The summed E-state index contributed by atoms with van der Waals surface area (Å²) in [5.41, 5.74) is 0. The minimum Gasteiger partial charge on any atom is -0.340 e. The number of carbonyl (C=O) groups excluding carboxylic acids is 2. The molecule has 0 aromatic heterocycles. The minimum atomic E-state index is -0.234. The van der Waals surface area contributed by atoms with Gasteiger partial charge in [-0.2, -0.15) is 0 Å². The topological polar surface area (TPSA) is 52.7 Å². The molecule has 0 aromatic rings. The molecule has 1 atom stereocenters. The molecule has 0 aromatic carbocycles. The lowest BCUT2D eigenvalue weighted by molar-refractivity contribution is -0.143. The number of hydrogen-bond acceptors (Lipinski definition) is 4. The molecule has 0 radical (unpaired) electrons. The van der Waals surface area contributed by atoms with E-state index in [0.717, 1.165) is 51.2 Å². The van der Waals surface area contributed by atoms with Crippen molar-refractivity contribution in [2.45, 2.75) is 38.6 Å². The van der Waals surface area contributed by atoms with E-state index < -0.39 is 0 Å². The molecular formula is C14H26ClN3O2S. The Balaban J connectivity index is 0.00000220. The summed E-state index contributed by atoms with van der Waals surface area (Å²) >= 11 is 1.69. The summed E-state index contributed by atoms with van der Waals surface area (Å²) in [4.78, 5) is 28.6. The Labute approximate surface area is 137 Å². The number of carbonyl (C=O) groups is 2. The summed E-state index contributed by atoms with van der Waals surface area (Å²) in [6.45, 7) is 5.48. The second kappa shape index (κ2) is 9.54. The van der Waals surface area contributed by atoms with Gasteiger partial charge < -0.3 is 15.1 Å². The zero-order chi connectivity index (χ0) is 14.4. The van der Waals surface area contributed by atoms with E-state index in [2.05, 4.69) is 12.2 Å². The van der Waals surface area contributed by atoms with Gasteiger partial charge in [-0.15, -0.1) is 24.2 Å². The molecule has 0 bridgehead atoms. The van der Waals surface area contributed by atoms with E-state index in [1.54, 1.807) is 16.7 Å². The largest absolute Gasteiger partial charge is 0.340 e. The molecule has 122 valence electrons. The molecule has 2 fully saturated rings. The van der Waals surface area contributed by atoms with Gasteiger partial charge in [-0.25, -0.2) is 0 Å². The predicted molar refractivity (Wildman–Crippen MR) is 88.8 cm³/mol. The molecule has 0 saturated carbocycles. The molecule has 1 unspecified atom stereocenters. The number of rotatable bonds is 4. The van der Waals surface area contributed by atoms with Gasteiger partial charge in [-0.3, -0.25) is 9.59 Å². The van der Waals surface area contributed by atoms with E-state index in [1.807, 2.05) is 4.90 Å². The first-order valence-electron chi connectivity index (χ1n) is 7.60. The molecule has 2 saturated heterocycles. The Kier molecular flexibility index (Phi) is 8.44. The summed E-state index contributed by atoms with van der Waals surface area (Å²) < 4.78 is 0. The third-order valence-electron chi connectivity index (χ3n) is 3.88. The van der Waals surface area contributed by atoms with Crippen molar-refractivity contribution in [1.82, 2.24) is 15.1 Å². The zero-order valence-electron chi connectivity index (χ0n) is 12.7. The molecule has 2 aliphatic rings. The molecule has 1 N–H and O–H groups in total. The highest BCUT2D eigenvalue weighted by Crippen LogP contribution is 2.24. The van der Waals surface area contributed by atoms with Gasteiger partial charge in [0, 0.05) is 31.8 Å². The molecule has 21 heavy (non-hydrogen) atoms. The first-order valence-corrected chi connectivity index (χ1v) is 8.76. The van der Waals surface area contributed by atoms with E-state index >= 15 is 0 Å². The fourth-order valence-electron chi connectivity index (χ4n) is 2.64. The van der Waals surface area contributed by atoms with Gasteiger partial charge >= 0.3 is 0 Å². The van der Waals surface area contributed by atoms with Crippen LogP contribution in [0.25, 0.3) is 0 Å². The van der Waals surface area contributed by atoms with E-state index in [-0.39, 0.29) is 30.3 Å². The van der Waals surface area contributed by atoms with Crippen molar-refractivity contribution in [2.24, 2.45) is 0 Å². The van der Waals surface area contributed by atoms with Crippen LogP contribution >= 0.6 is 24.2 Å². The van der Waals surface area contributed by atoms with E-state index in [9.17, 15) is 9.59 Å². The van der Waals surface area contributed by atoms with Crippen molar-refractivity contribution >= 4 is 36.0 Å². The van der Waals surface area contributed by atoms with Gasteiger partial charge in [-0.05, 0) is 19.4 Å². The summed E-state index contributed by atoms with van der Waals surface area (Å²) in [5, 5.41) is 3.30. The van der Waals surface area contributed by atoms with Crippen LogP contribution in [0.15, 0.2) is 0 Å². The number of halogens is 1. The van der Waals surface area contributed by atoms with Gasteiger partial charge in [0.05, 0.1) is 5.88 Å². The van der Waals surface area contributed by atoms with Crippen LogP contribution in [0, 0.1) is 0 Å². The summed E-state index contributed by atoms with van der Waals surface area (Å²) in [6, 6.07) is -0.234. The maximum absolute atomic E-state index is 12.6. The van der Waals surface area contributed by atoms with Gasteiger partial charge in [-0.1, -0.05) is 13.3 Å². The van der Waals surface area contributed by atoms with E-state index in [0.29, 0.717) is 12.3 Å². The van der Waals surface area contributed by atoms with E-state index in [4.69, 9.17) is 0 Å². The number of thioether (sulfide) groups is 1. The minimum absolute atomic E-state index is 0. The van der Waals surface area contributed by atoms with Crippen molar-refractivity contribution in [2.75, 3.05) is 37.8 Å². The molecular weight excluding hydrogens is 310 g/mol. The first-order chi connectivity index (χ1) is 9.74. The molecule has 0 aliphatic carbocycles. The van der Waals surface area contributed by atoms with Crippen LogP contribution in [0.2, 0.25) is 0 Å².